The number of carbonyl (C=O) groups is 1. The highest BCUT2D eigenvalue weighted by atomic mass is 79.9. The van der Waals surface area contributed by atoms with Gasteiger partial charge in [-0.05, 0) is 30.5 Å². The first kappa shape index (κ1) is 14.2. The normalized spacial score (nSPS) is 12.4. The molecule has 0 saturated heterocycles. The fourth-order valence-electron chi connectivity index (χ4n) is 1.35. The Labute approximate surface area is 108 Å². The Morgan fingerprint density at radius 1 is 1.53 bits per heavy atom. The van der Waals surface area contributed by atoms with Crippen LogP contribution in [0.15, 0.2) is 22.7 Å². The highest BCUT2D eigenvalue weighted by Gasteiger charge is 2.20. The third-order valence-corrected chi connectivity index (χ3v) is 3.16. The monoisotopic (exact) mass is 302 g/mol. The first-order valence-corrected chi connectivity index (χ1v) is 6.07. The minimum Gasteiger partial charge on any atom is -0.479 e. The van der Waals surface area contributed by atoms with Gasteiger partial charge in [0.25, 0.3) is 0 Å². The van der Waals surface area contributed by atoms with Crippen LogP contribution in [0.1, 0.15) is 23.7 Å². The summed E-state index contributed by atoms with van der Waals surface area (Å²) >= 11 is 3.36. The van der Waals surface area contributed by atoms with Crippen LogP contribution in [0.25, 0.3) is 0 Å². The van der Waals surface area contributed by atoms with Gasteiger partial charge < -0.3 is 14.9 Å². The van der Waals surface area contributed by atoms with Crippen LogP contribution in [-0.4, -0.2) is 29.4 Å². The van der Waals surface area contributed by atoms with E-state index in [1.54, 1.807) is 12.1 Å². The zero-order valence-corrected chi connectivity index (χ0v) is 11.1. The van der Waals surface area contributed by atoms with E-state index in [0.717, 1.165) is 10.0 Å². The Kier molecular flexibility index (Phi) is 5.61. The van der Waals surface area contributed by atoms with Crippen molar-refractivity contribution in [1.82, 2.24) is 0 Å². The van der Waals surface area contributed by atoms with Gasteiger partial charge in [-0.15, -0.1) is 0 Å². The largest absolute Gasteiger partial charge is 0.479 e. The molecule has 0 radical (unpaired) electrons. The molecule has 1 unspecified atom stereocenters. The van der Waals surface area contributed by atoms with Crippen molar-refractivity contribution < 1.29 is 19.7 Å². The molecule has 0 fully saturated rings. The van der Waals surface area contributed by atoms with E-state index >= 15 is 0 Å². The van der Waals surface area contributed by atoms with E-state index in [2.05, 4.69) is 15.9 Å². The third-order valence-electron chi connectivity index (χ3n) is 2.31. The molecule has 0 saturated carbocycles. The summed E-state index contributed by atoms with van der Waals surface area (Å²) in [7, 11) is 0. The summed E-state index contributed by atoms with van der Waals surface area (Å²) in [6, 6.07) is 5.32. The van der Waals surface area contributed by atoms with E-state index in [1.165, 1.54) is 0 Å². The van der Waals surface area contributed by atoms with E-state index in [9.17, 15) is 4.79 Å². The van der Waals surface area contributed by atoms with Gasteiger partial charge in [-0.1, -0.05) is 28.1 Å². The van der Waals surface area contributed by atoms with Crippen molar-refractivity contribution in [2.24, 2.45) is 0 Å². The second kappa shape index (κ2) is 6.74. The molecular weight excluding hydrogens is 288 g/mol. The molecule has 1 atom stereocenters. The molecule has 0 aliphatic carbocycles. The van der Waals surface area contributed by atoms with Crippen LogP contribution in [0.3, 0.4) is 0 Å². The Bertz CT molecular complexity index is 392. The second-order valence-corrected chi connectivity index (χ2v) is 4.53. The van der Waals surface area contributed by atoms with Crippen molar-refractivity contribution in [3.05, 3.63) is 33.8 Å². The summed E-state index contributed by atoms with van der Waals surface area (Å²) in [4.78, 5) is 11.1. The average Bonchev–Trinajstić information content (AvgIpc) is 2.28. The van der Waals surface area contributed by atoms with Gasteiger partial charge in [0.05, 0.1) is 6.61 Å². The maximum absolute atomic E-state index is 11.1. The third kappa shape index (κ3) is 4.11. The molecule has 0 aliphatic heterocycles. The lowest BCUT2D eigenvalue weighted by molar-refractivity contribution is -0.151. The fraction of sp³-hybridized carbons (Fsp3) is 0.417. The van der Waals surface area contributed by atoms with Crippen LogP contribution in [0.2, 0.25) is 0 Å². The Balaban J connectivity index is 2.82. The zero-order valence-electron chi connectivity index (χ0n) is 9.52. The lowest BCUT2D eigenvalue weighted by atomic mass is 10.1. The lowest BCUT2D eigenvalue weighted by Crippen LogP contribution is -2.16. The molecule has 0 spiro atoms. The van der Waals surface area contributed by atoms with Crippen molar-refractivity contribution in [1.29, 1.82) is 0 Å². The van der Waals surface area contributed by atoms with Gasteiger partial charge in [-0.3, -0.25) is 0 Å². The Hall–Kier alpha value is -0.910. The maximum Gasteiger partial charge on any atom is 0.337 e. The van der Waals surface area contributed by atoms with Crippen molar-refractivity contribution in [3.63, 3.8) is 0 Å². The topological polar surface area (TPSA) is 66.8 Å². The van der Waals surface area contributed by atoms with Crippen molar-refractivity contribution in [2.45, 2.75) is 19.4 Å². The second-order valence-electron chi connectivity index (χ2n) is 3.67. The number of halogens is 1. The minimum absolute atomic E-state index is 0.00999. The molecular formula is C12H15BrO4. The first-order valence-electron chi connectivity index (χ1n) is 5.27. The summed E-state index contributed by atoms with van der Waals surface area (Å²) in [5.41, 5.74) is 1.63. The van der Waals surface area contributed by atoms with Gasteiger partial charge in [0.2, 0.25) is 0 Å². The van der Waals surface area contributed by atoms with Crippen LogP contribution in [0, 0.1) is 6.92 Å². The van der Waals surface area contributed by atoms with Gasteiger partial charge in [0, 0.05) is 11.1 Å². The smallest absolute Gasteiger partial charge is 0.337 e. The first-order chi connectivity index (χ1) is 8.06. The molecule has 1 aromatic carbocycles. The summed E-state index contributed by atoms with van der Waals surface area (Å²) in [5, 5.41) is 17.7. The van der Waals surface area contributed by atoms with E-state index in [-0.39, 0.29) is 13.2 Å². The number of benzene rings is 1. The zero-order chi connectivity index (χ0) is 12.8. The number of carboxylic acid groups (broad SMARTS) is 1. The number of hydrogen-bond acceptors (Lipinski definition) is 3. The molecule has 17 heavy (non-hydrogen) atoms. The Morgan fingerprint density at radius 2 is 2.24 bits per heavy atom. The van der Waals surface area contributed by atoms with Crippen LogP contribution in [-0.2, 0) is 9.53 Å². The molecule has 5 heteroatoms. The summed E-state index contributed by atoms with van der Waals surface area (Å²) in [6.07, 6.45) is -0.560. The van der Waals surface area contributed by atoms with E-state index in [4.69, 9.17) is 14.9 Å². The molecule has 4 nitrogen and oxygen atoms in total. The molecule has 2 N–H and O–H groups in total. The van der Waals surface area contributed by atoms with Gasteiger partial charge >= 0.3 is 5.97 Å². The summed E-state index contributed by atoms with van der Waals surface area (Å²) < 4.78 is 6.10. The average molecular weight is 303 g/mol. The quantitative estimate of drug-likeness (QED) is 0.791. The van der Waals surface area contributed by atoms with Gasteiger partial charge in [-0.2, -0.15) is 0 Å². The predicted molar refractivity (Wildman–Crippen MR) is 66.9 cm³/mol. The summed E-state index contributed by atoms with van der Waals surface area (Å²) in [5.74, 6) is -1.03. The van der Waals surface area contributed by atoms with Crippen molar-refractivity contribution in [3.8, 4) is 0 Å². The van der Waals surface area contributed by atoms with Crippen LogP contribution in [0.4, 0.5) is 0 Å². The van der Waals surface area contributed by atoms with Gasteiger partial charge in [-0.25, -0.2) is 4.79 Å². The van der Waals surface area contributed by atoms with Crippen LogP contribution in [0.5, 0.6) is 0 Å². The molecule has 0 aliphatic rings. The number of aliphatic hydroxyl groups is 1. The molecule has 0 aromatic heterocycles. The highest BCUT2D eigenvalue weighted by Crippen LogP contribution is 2.24. The van der Waals surface area contributed by atoms with E-state index in [1.807, 2.05) is 13.0 Å². The molecule has 1 rings (SSSR count). The predicted octanol–water partition coefficient (Wildman–Crippen LogP) is 2.28. The molecule has 94 valence electrons. The number of aliphatic hydroxyl groups excluding tert-OH is 1. The highest BCUT2D eigenvalue weighted by molar-refractivity contribution is 9.10. The molecule has 1 aromatic rings. The number of hydrogen-bond donors (Lipinski definition) is 2. The van der Waals surface area contributed by atoms with Gasteiger partial charge in [0.1, 0.15) is 0 Å². The molecule has 0 amide bonds. The number of carboxylic acids is 1. The summed E-state index contributed by atoms with van der Waals surface area (Å²) in [6.45, 7) is 2.14. The van der Waals surface area contributed by atoms with E-state index < -0.39 is 12.1 Å². The fourth-order valence-corrected chi connectivity index (χ4v) is 1.74. The SMILES string of the molecule is Cc1ccc(C(OCCCO)C(=O)O)cc1Br. The molecule has 0 heterocycles. The van der Waals surface area contributed by atoms with Gasteiger partial charge in [0.15, 0.2) is 6.10 Å². The number of ether oxygens (including phenoxy) is 1. The van der Waals surface area contributed by atoms with Crippen molar-refractivity contribution in [2.75, 3.05) is 13.2 Å². The van der Waals surface area contributed by atoms with Crippen LogP contribution >= 0.6 is 15.9 Å². The standard InChI is InChI=1S/C12H15BrO4/c1-8-3-4-9(7-10(8)13)11(12(15)16)17-6-2-5-14/h3-4,7,11,14H,2,5-6H2,1H3,(H,15,16). The number of aryl methyl sites for hydroxylation is 1. The van der Waals surface area contributed by atoms with E-state index in [0.29, 0.717) is 12.0 Å². The maximum atomic E-state index is 11.1. The van der Waals surface area contributed by atoms with Crippen LogP contribution < -0.4 is 0 Å². The van der Waals surface area contributed by atoms with Crippen molar-refractivity contribution >= 4 is 21.9 Å². The lowest BCUT2D eigenvalue weighted by Gasteiger charge is -2.14. The Morgan fingerprint density at radius 3 is 2.76 bits per heavy atom. The molecule has 0 bridgehead atoms. The minimum atomic E-state index is -1.03. The number of rotatable bonds is 6. The number of aliphatic carboxylic acids is 1.